The van der Waals surface area contributed by atoms with Crippen molar-refractivity contribution in [1.82, 2.24) is 5.32 Å². The minimum atomic E-state index is -0.252. The van der Waals surface area contributed by atoms with Crippen LogP contribution in [0.2, 0.25) is 0 Å². The van der Waals surface area contributed by atoms with Gasteiger partial charge in [-0.3, -0.25) is 4.79 Å². The van der Waals surface area contributed by atoms with E-state index in [1.165, 1.54) is 23.9 Å². The number of hydrogen-bond donors (Lipinski definition) is 1. The molecule has 0 bridgehead atoms. The maximum absolute atomic E-state index is 13.1. The number of amides is 1. The van der Waals surface area contributed by atoms with Crippen molar-refractivity contribution in [2.75, 3.05) is 12.9 Å². The number of carbonyl (C=O) groups excluding carboxylic acids is 1. The Bertz CT molecular complexity index is 663. The molecule has 1 atom stereocenters. The Hall–Kier alpha value is -2.01. The van der Waals surface area contributed by atoms with Gasteiger partial charge in [-0.05, 0) is 30.7 Å². The average Bonchev–Trinajstić information content (AvgIpc) is 2.54. The number of hydrogen-bond acceptors (Lipinski definition) is 3. The number of methoxy groups -OCH3 is 1. The zero-order valence-electron chi connectivity index (χ0n) is 13.2. The number of thioether (sulfide) groups is 1. The van der Waals surface area contributed by atoms with Crippen molar-refractivity contribution in [3.05, 3.63) is 65.5 Å². The van der Waals surface area contributed by atoms with Gasteiger partial charge < -0.3 is 10.1 Å². The van der Waals surface area contributed by atoms with Crippen LogP contribution in [0.1, 0.15) is 24.1 Å². The highest BCUT2D eigenvalue weighted by Gasteiger charge is 2.13. The van der Waals surface area contributed by atoms with Crippen LogP contribution >= 0.6 is 11.8 Å². The number of para-hydroxylation sites is 1. The largest absolute Gasteiger partial charge is 0.496 e. The number of nitrogens with one attached hydrogen (secondary N) is 1. The van der Waals surface area contributed by atoms with Crippen LogP contribution in [-0.4, -0.2) is 18.8 Å². The Kier molecular flexibility index (Phi) is 6.47. The molecular formula is C18H20FNO2S. The highest BCUT2D eigenvalue weighted by Crippen LogP contribution is 2.24. The van der Waals surface area contributed by atoms with Crippen molar-refractivity contribution in [3.63, 3.8) is 0 Å². The molecule has 0 saturated heterocycles. The molecule has 3 nitrogen and oxygen atoms in total. The molecule has 2 aromatic carbocycles. The quantitative estimate of drug-likeness (QED) is 0.834. The van der Waals surface area contributed by atoms with Gasteiger partial charge in [-0.25, -0.2) is 4.39 Å². The molecule has 1 unspecified atom stereocenters. The first-order valence-electron chi connectivity index (χ1n) is 7.34. The van der Waals surface area contributed by atoms with E-state index in [9.17, 15) is 9.18 Å². The van der Waals surface area contributed by atoms with Crippen LogP contribution in [-0.2, 0) is 10.5 Å². The van der Waals surface area contributed by atoms with E-state index in [-0.39, 0.29) is 17.8 Å². The summed E-state index contributed by atoms with van der Waals surface area (Å²) in [6, 6.07) is 13.9. The fraction of sp³-hybridized carbons (Fsp3) is 0.278. The summed E-state index contributed by atoms with van der Waals surface area (Å²) in [4.78, 5) is 12.0. The molecular weight excluding hydrogens is 313 g/mol. The van der Waals surface area contributed by atoms with Gasteiger partial charge in [0.25, 0.3) is 0 Å². The predicted molar refractivity (Wildman–Crippen MR) is 92.1 cm³/mol. The van der Waals surface area contributed by atoms with Crippen LogP contribution < -0.4 is 10.1 Å². The number of ether oxygens (including phenoxy) is 1. The summed E-state index contributed by atoms with van der Waals surface area (Å²) in [6.07, 6.45) is 0. The van der Waals surface area contributed by atoms with Crippen LogP contribution in [0.3, 0.4) is 0 Å². The first-order valence-corrected chi connectivity index (χ1v) is 8.50. The second-order valence-corrected chi connectivity index (χ2v) is 6.14. The smallest absolute Gasteiger partial charge is 0.230 e. The fourth-order valence-corrected chi connectivity index (χ4v) is 3.06. The molecule has 0 aliphatic heterocycles. The van der Waals surface area contributed by atoms with E-state index in [1.54, 1.807) is 13.2 Å². The molecule has 0 saturated carbocycles. The third-order valence-corrected chi connectivity index (χ3v) is 4.38. The summed E-state index contributed by atoms with van der Waals surface area (Å²) < 4.78 is 18.4. The van der Waals surface area contributed by atoms with Gasteiger partial charge in [-0.1, -0.05) is 30.3 Å². The summed E-state index contributed by atoms with van der Waals surface area (Å²) in [5.41, 5.74) is 1.82. The maximum Gasteiger partial charge on any atom is 0.230 e. The topological polar surface area (TPSA) is 38.3 Å². The molecule has 2 rings (SSSR count). The van der Waals surface area contributed by atoms with Crippen LogP contribution in [0, 0.1) is 5.82 Å². The summed E-state index contributed by atoms with van der Waals surface area (Å²) >= 11 is 1.46. The van der Waals surface area contributed by atoms with Crippen molar-refractivity contribution < 1.29 is 13.9 Å². The normalized spacial score (nSPS) is 11.8. The summed E-state index contributed by atoms with van der Waals surface area (Å²) in [5, 5.41) is 2.95. The Morgan fingerprint density at radius 1 is 1.26 bits per heavy atom. The SMILES string of the molecule is COc1ccccc1C(C)NC(=O)CSCc1cccc(F)c1. The van der Waals surface area contributed by atoms with Gasteiger partial charge in [0.15, 0.2) is 0 Å². The van der Waals surface area contributed by atoms with Crippen molar-refractivity contribution in [3.8, 4) is 5.75 Å². The van der Waals surface area contributed by atoms with Crippen LogP contribution in [0.15, 0.2) is 48.5 Å². The molecule has 0 heterocycles. The van der Waals surface area contributed by atoms with Crippen LogP contribution in [0.5, 0.6) is 5.75 Å². The van der Waals surface area contributed by atoms with E-state index in [0.29, 0.717) is 11.5 Å². The summed E-state index contributed by atoms with van der Waals surface area (Å²) in [5.74, 6) is 1.39. The van der Waals surface area contributed by atoms with Crippen LogP contribution in [0.25, 0.3) is 0 Å². The number of halogens is 1. The van der Waals surface area contributed by atoms with Gasteiger partial charge in [-0.15, -0.1) is 11.8 Å². The monoisotopic (exact) mass is 333 g/mol. The molecule has 2 aromatic rings. The molecule has 0 spiro atoms. The van der Waals surface area contributed by atoms with Crippen molar-refractivity contribution in [2.24, 2.45) is 0 Å². The molecule has 1 amide bonds. The Morgan fingerprint density at radius 2 is 2.04 bits per heavy atom. The van der Waals surface area contributed by atoms with Gasteiger partial charge in [0, 0.05) is 11.3 Å². The van der Waals surface area contributed by atoms with E-state index < -0.39 is 0 Å². The summed E-state index contributed by atoms with van der Waals surface area (Å²) in [6.45, 7) is 1.92. The standard InChI is InChI=1S/C18H20FNO2S/c1-13(16-8-3-4-9-17(16)22-2)20-18(21)12-23-11-14-6-5-7-15(19)10-14/h3-10,13H,11-12H2,1-2H3,(H,20,21). The first-order chi connectivity index (χ1) is 11.1. The zero-order chi connectivity index (χ0) is 16.7. The van der Waals surface area contributed by atoms with E-state index in [0.717, 1.165) is 16.9 Å². The van der Waals surface area contributed by atoms with Gasteiger partial charge in [-0.2, -0.15) is 0 Å². The zero-order valence-corrected chi connectivity index (χ0v) is 14.0. The lowest BCUT2D eigenvalue weighted by atomic mass is 10.1. The van der Waals surface area contributed by atoms with Gasteiger partial charge in [0.1, 0.15) is 11.6 Å². The molecule has 5 heteroatoms. The lowest BCUT2D eigenvalue weighted by molar-refractivity contribution is -0.119. The van der Waals surface area contributed by atoms with E-state index in [2.05, 4.69) is 5.32 Å². The highest BCUT2D eigenvalue weighted by atomic mass is 32.2. The van der Waals surface area contributed by atoms with Gasteiger partial charge >= 0.3 is 0 Å². The second kappa shape index (κ2) is 8.58. The van der Waals surface area contributed by atoms with E-state index >= 15 is 0 Å². The molecule has 0 aliphatic carbocycles. The predicted octanol–water partition coefficient (Wildman–Crippen LogP) is 3.94. The Balaban J connectivity index is 1.82. The lowest BCUT2D eigenvalue weighted by Crippen LogP contribution is -2.28. The molecule has 0 fully saturated rings. The Morgan fingerprint density at radius 3 is 2.78 bits per heavy atom. The van der Waals surface area contributed by atoms with E-state index in [4.69, 9.17) is 4.74 Å². The second-order valence-electron chi connectivity index (χ2n) is 5.15. The molecule has 0 aromatic heterocycles. The highest BCUT2D eigenvalue weighted by molar-refractivity contribution is 7.99. The van der Waals surface area contributed by atoms with Crippen molar-refractivity contribution in [2.45, 2.75) is 18.7 Å². The number of carbonyl (C=O) groups is 1. The molecule has 23 heavy (non-hydrogen) atoms. The van der Waals surface area contributed by atoms with Crippen molar-refractivity contribution in [1.29, 1.82) is 0 Å². The lowest BCUT2D eigenvalue weighted by Gasteiger charge is -2.17. The minimum Gasteiger partial charge on any atom is -0.496 e. The average molecular weight is 333 g/mol. The minimum absolute atomic E-state index is 0.0511. The molecule has 122 valence electrons. The van der Waals surface area contributed by atoms with Gasteiger partial charge in [0.2, 0.25) is 5.91 Å². The first kappa shape index (κ1) is 17.3. The third-order valence-electron chi connectivity index (χ3n) is 3.37. The summed E-state index contributed by atoms with van der Waals surface area (Å²) in [7, 11) is 1.61. The van der Waals surface area contributed by atoms with Crippen LogP contribution in [0.4, 0.5) is 4.39 Å². The molecule has 0 aliphatic rings. The molecule has 0 radical (unpaired) electrons. The Labute approximate surface area is 140 Å². The maximum atomic E-state index is 13.1. The third kappa shape index (κ3) is 5.28. The number of benzene rings is 2. The van der Waals surface area contributed by atoms with E-state index in [1.807, 2.05) is 37.3 Å². The fourth-order valence-electron chi connectivity index (χ4n) is 2.27. The molecule has 1 N–H and O–H groups in total. The van der Waals surface area contributed by atoms with Gasteiger partial charge in [0.05, 0.1) is 18.9 Å². The number of rotatable bonds is 7. The van der Waals surface area contributed by atoms with Crippen molar-refractivity contribution >= 4 is 17.7 Å².